The number of nitrogens with zero attached hydrogens (tertiary/aromatic N) is 1. The van der Waals surface area contributed by atoms with Crippen molar-refractivity contribution in [3.8, 4) is 5.75 Å². The molecule has 0 unspecified atom stereocenters. The van der Waals surface area contributed by atoms with Crippen LogP contribution in [0.4, 0.5) is 21.7 Å². The van der Waals surface area contributed by atoms with Crippen LogP contribution in [0.25, 0.3) is 0 Å². The average molecular weight is 247 g/mol. The maximum Gasteiger partial charge on any atom is 0.145 e. The van der Waals surface area contributed by atoms with Gasteiger partial charge < -0.3 is 15.4 Å². The fraction of sp³-hybridized carbons (Fsp3) is 0.154. The Labute approximate surface area is 105 Å². The van der Waals surface area contributed by atoms with E-state index >= 15 is 0 Å². The molecule has 0 aliphatic rings. The number of aromatic nitrogens is 1. The van der Waals surface area contributed by atoms with E-state index in [1.807, 2.05) is 18.2 Å². The predicted molar refractivity (Wildman–Crippen MR) is 70.0 cm³/mol. The van der Waals surface area contributed by atoms with Crippen LogP contribution in [0, 0.1) is 5.82 Å². The van der Waals surface area contributed by atoms with Crippen LogP contribution in [0.5, 0.6) is 5.75 Å². The number of hydrogen-bond acceptors (Lipinski definition) is 4. The summed E-state index contributed by atoms with van der Waals surface area (Å²) in [6, 6.07) is 9.85. The van der Waals surface area contributed by atoms with Crippen LogP contribution < -0.4 is 15.4 Å². The molecule has 0 amide bonds. The molecule has 0 fully saturated rings. The summed E-state index contributed by atoms with van der Waals surface area (Å²) in [6.45, 7) is 0. The molecule has 0 radical (unpaired) electrons. The highest BCUT2D eigenvalue weighted by Gasteiger charge is 2.05. The Balaban J connectivity index is 2.27. The van der Waals surface area contributed by atoms with Crippen LogP contribution in [0.2, 0.25) is 0 Å². The molecule has 4 nitrogen and oxygen atoms in total. The number of benzene rings is 1. The number of hydrogen-bond donors (Lipinski definition) is 2. The van der Waals surface area contributed by atoms with Gasteiger partial charge in [0.05, 0.1) is 12.8 Å². The molecule has 1 heterocycles. The Morgan fingerprint density at radius 2 is 1.94 bits per heavy atom. The second kappa shape index (κ2) is 5.35. The van der Waals surface area contributed by atoms with Crippen LogP contribution in [0.15, 0.2) is 36.4 Å². The summed E-state index contributed by atoms with van der Waals surface area (Å²) in [5, 5.41) is 6.03. The van der Waals surface area contributed by atoms with Crippen LogP contribution in [-0.2, 0) is 0 Å². The molecule has 0 saturated heterocycles. The van der Waals surface area contributed by atoms with E-state index in [1.54, 1.807) is 13.1 Å². The van der Waals surface area contributed by atoms with Crippen molar-refractivity contribution in [3.63, 3.8) is 0 Å². The number of rotatable bonds is 4. The lowest BCUT2D eigenvalue weighted by Crippen LogP contribution is -1.99. The summed E-state index contributed by atoms with van der Waals surface area (Å²) in [5.41, 5.74) is 0.666. The SMILES string of the molecule is CNc1cccc(Nc2ccc(F)cc2OC)n1. The highest BCUT2D eigenvalue weighted by molar-refractivity contribution is 5.65. The molecule has 0 aliphatic carbocycles. The van der Waals surface area contributed by atoms with Crippen molar-refractivity contribution in [3.05, 3.63) is 42.2 Å². The Hall–Kier alpha value is -2.30. The number of halogens is 1. The van der Waals surface area contributed by atoms with Crippen molar-refractivity contribution in [2.45, 2.75) is 0 Å². The molecule has 94 valence electrons. The number of methoxy groups -OCH3 is 1. The lowest BCUT2D eigenvalue weighted by atomic mass is 10.2. The molecule has 0 atom stereocenters. The topological polar surface area (TPSA) is 46.2 Å². The van der Waals surface area contributed by atoms with E-state index in [0.717, 1.165) is 5.82 Å². The van der Waals surface area contributed by atoms with Gasteiger partial charge in [-0.15, -0.1) is 0 Å². The third-order valence-corrected chi connectivity index (χ3v) is 2.43. The zero-order chi connectivity index (χ0) is 13.0. The molecule has 18 heavy (non-hydrogen) atoms. The van der Waals surface area contributed by atoms with Crippen LogP contribution in [-0.4, -0.2) is 19.1 Å². The third-order valence-electron chi connectivity index (χ3n) is 2.43. The van der Waals surface area contributed by atoms with Crippen molar-refractivity contribution in [1.82, 2.24) is 4.98 Å². The Kier molecular flexibility index (Phi) is 3.62. The number of ether oxygens (including phenoxy) is 1. The maximum absolute atomic E-state index is 13.1. The third kappa shape index (κ3) is 2.68. The van der Waals surface area contributed by atoms with Gasteiger partial charge in [-0.3, -0.25) is 0 Å². The molecular weight excluding hydrogens is 233 g/mol. The molecule has 5 heteroatoms. The minimum Gasteiger partial charge on any atom is -0.494 e. The molecular formula is C13H14FN3O. The first-order valence-corrected chi connectivity index (χ1v) is 5.48. The van der Waals surface area contributed by atoms with Crippen LogP contribution in [0.3, 0.4) is 0 Å². The smallest absolute Gasteiger partial charge is 0.145 e. The fourth-order valence-electron chi connectivity index (χ4n) is 1.55. The molecule has 0 saturated carbocycles. The molecule has 0 aliphatic heterocycles. The van der Waals surface area contributed by atoms with Crippen molar-refractivity contribution in [1.29, 1.82) is 0 Å². The summed E-state index contributed by atoms with van der Waals surface area (Å²) in [6.07, 6.45) is 0. The van der Waals surface area contributed by atoms with Crippen molar-refractivity contribution in [2.24, 2.45) is 0 Å². The molecule has 0 bridgehead atoms. The lowest BCUT2D eigenvalue weighted by Gasteiger charge is -2.11. The first kappa shape index (κ1) is 12.2. The zero-order valence-electron chi connectivity index (χ0n) is 10.2. The number of pyridine rings is 1. The average Bonchev–Trinajstić information content (AvgIpc) is 2.41. The van der Waals surface area contributed by atoms with Gasteiger partial charge in [-0.2, -0.15) is 0 Å². The van der Waals surface area contributed by atoms with E-state index in [4.69, 9.17) is 4.74 Å². The minimum absolute atomic E-state index is 0.339. The fourth-order valence-corrected chi connectivity index (χ4v) is 1.55. The van der Waals surface area contributed by atoms with E-state index in [0.29, 0.717) is 17.3 Å². The van der Waals surface area contributed by atoms with E-state index < -0.39 is 0 Å². The first-order valence-electron chi connectivity index (χ1n) is 5.48. The van der Waals surface area contributed by atoms with Gasteiger partial charge in [0.25, 0.3) is 0 Å². The van der Waals surface area contributed by atoms with E-state index in [1.165, 1.54) is 19.2 Å². The van der Waals surface area contributed by atoms with Crippen LogP contribution >= 0.6 is 0 Å². The standard InChI is InChI=1S/C13H14FN3O/c1-15-12-4-3-5-13(17-12)16-10-7-6-9(14)8-11(10)18-2/h3-8H,1-2H3,(H2,15,16,17). The quantitative estimate of drug-likeness (QED) is 0.871. The minimum atomic E-state index is -0.339. The van der Waals surface area contributed by atoms with Gasteiger partial charge in [0.1, 0.15) is 23.2 Å². The molecule has 1 aromatic heterocycles. The lowest BCUT2D eigenvalue weighted by molar-refractivity contribution is 0.413. The van der Waals surface area contributed by atoms with Gasteiger partial charge in [0.15, 0.2) is 0 Å². The van der Waals surface area contributed by atoms with Gasteiger partial charge in [-0.1, -0.05) is 6.07 Å². The molecule has 1 aromatic carbocycles. The van der Waals surface area contributed by atoms with Crippen molar-refractivity contribution < 1.29 is 9.13 Å². The number of anilines is 3. The largest absolute Gasteiger partial charge is 0.494 e. The van der Waals surface area contributed by atoms with Crippen LogP contribution in [0.1, 0.15) is 0 Å². The Morgan fingerprint density at radius 3 is 2.67 bits per heavy atom. The molecule has 2 aromatic rings. The van der Waals surface area contributed by atoms with E-state index in [9.17, 15) is 4.39 Å². The second-order valence-electron chi connectivity index (χ2n) is 3.63. The van der Waals surface area contributed by atoms with Gasteiger partial charge in [0.2, 0.25) is 0 Å². The molecule has 2 rings (SSSR count). The Bertz CT molecular complexity index is 546. The molecule has 2 N–H and O–H groups in total. The predicted octanol–water partition coefficient (Wildman–Crippen LogP) is 3.01. The highest BCUT2D eigenvalue weighted by Crippen LogP contribution is 2.27. The van der Waals surface area contributed by atoms with E-state index in [-0.39, 0.29) is 5.82 Å². The normalized spacial score (nSPS) is 9.94. The number of nitrogens with one attached hydrogen (secondary N) is 2. The summed E-state index contributed by atoms with van der Waals surface area (Å²) in [5.74, 6) is 1.51. The summed E-state index contributed by atoms with van der Waals surface area (Å²) in [4.78, 5) is 4.31. The first-order chi connectivity index (χ1) is 8.72. The maximum atomic E-state index is 13.1. The van der Waals surface area contributed by atoms with Gasteiger partial charge in [-0.05, 0) is 24.3 Å². The van der Waals surface area contributed by atoms with Gasteiger partial charge in [-0.25, -0.2) is 9.37 Å². The Morgan fingerprint density at radius 1 is 1.17 bits per heavy atom. The molecule has 0 spiro atoms. The van der Waals surface area contributed by atoms with Gasteiger partial charge in [0, 0.05) is 13.1 Å². The second-order valence-corrected chi connectivity index (χ2v) is 3.63. The zero-order valence-corrected chi connectivity index (χ0v) is 10.2. The summed E-state index contributed by atoms with van der Waals surface area (Å²) < 4.78 is 18.2. The monoisotopic (exact) mass is 247 g/mol. The van der Waals surface area contributed by atoms with Crippen molar-refractivity contribution >= 4 is 17.3 Å². The van der Waals surface area contributed by atoms with E-state index in [2.05, 4.69) is 15.6 Å². The van der Waals surface area contributed by atoms with Crippen molar-refractivity contribution in [2.75, 3.05) is 24.8 Å². The summed E-state index contributed by atoms with van der Waals surface area (Å²) >= 11 is 0. The highest BCUT2D eigenvalue weighted by atomic mass is 19.1. The van der Waals surface area contributed by atoms with Gasteiger partial charge >= 0.3 is 0 Å². The summed E-state index contributed by atoms with van der Waals surface area (Å²) in [7, 11) is 3.29.